The van der Waals surface area contributed by atoms with Gasteiger partial charge in [0.2, 0.25) is 5.91 Å². The number of carbonyl (C=O) groups excluding carboxylic acids is 2. The summed E-state index contributed by atoms with van der Waals surface area (Å²) < 4.78 is 5.35. The van der Waals surface area contributed by atoms with E-state index >= 15 is 0 Å². The maximum absolute atomic E-state index is 12.2. The summed E-state index contributed by atoms with van der Waals surface area (Å²) in [4.78, 5) is 32.0. The number of fused-ring (bicyclic) bond motifs is 1. The summed E-state index contributed by atoms with van der Waals surface area (Å²) in [5, 5.41) is 1.66. The molecule has 0 radical (unpaired) electrons. The Morgan fingerprint density at radius 1 is 0.970 bits per heavy atom. The number of carbonyl (C=O) groups is 2. The summed E-state index contributed by atoms with van der Waals surface area (Å²) in [6, 6.07) is 20.4. The van der Waals surface area contributed by atoms with Crippen molar-refractivity contribution in [3.05, 3.63) is 83.5 Å². The normalized spacial score (nSPS) is 10.7. The van der Waals surface area contributed by atoms with Crippen LogP contribution in [0.2, 0.25) is 5.02 Å². The van der Waals surface area contributed by atoms with Crippen LogP contribution in [-0.4, -0.2) is 28.4 Å². The lowest BCUT2D eigenvalue weighted by atomic mass is 10.0. The predicted molar refractivity (Wildman–Crippen MR) is 128 cm³/mol. The van der Waals surface area contributed by atoms with Crippen LogP contribution in [0.15, 0.2) is 72.9 Å². The molecule has 0 aliphatic rings. The summed E-state index contributed by atoms with van der Waals surface area (Å²) in [6.07, 6.45) is 3.22. The molecule has 4 rings (SSSR count). The van der Waals surface area contributed by atoms with Crippen molar-refractivity contribution in [1.82, 2.24) is 20.8 Å². The van der Waals surface area contributed by atoms with Crippen LogP contribution in [0.1, 0.15) is 18.4 Å². The second-order valence-corrected chi connectivity index (χ2v) is 7.87. The lowest BCUT2D eigenvalue weighted by molar-refractivity contribution is -0.130. The molecule has 2 aromatic carbocycles. The minimum atomic E-state index is -0.434. The van der Waals surface area contributed by atoms with E-state index in [9.17, 15) is 9.59 Å². The molecule has 0 unspecified atom stereocenters. The topological polar surface area (TPSA) is 96.1 Å². The van der Waals surface area contributed by atoms with E-state index in [0.29, 0.717) is 23.6 Å². The highest BCUT2D eigenvalue weighted by Gasteiger charge is 2.15. The molecule has 0 fully saturated rings. The van der Waals surface area contributed by atoms with E-state index in [0.717, 1.165) is 27.9 Å². The number of aromatic amines is 1. The number of rotatable bonds is 8. The Balaban J connectivity index is 1.32. The molecule has 0 saturated carbocycles. The van der Waals surface area contributed by atoms with Gasteiger partial charge in [0, 0.05) is 28.5 Å². The molecule has 8 heteroatoms. The number of para-hydroxylation sites is 1. The van der Waals surface area contributed by atoms with Gasteiger partial charge >= 0.3 is 0 Å². The number of nitrogens with zero attached hydrogens (tertiary/aromatic N) is 1. The molecule has 7 nitrogen and oxygen atoms in total. The highest BCUT2D eigenvalue weighted by atomic mass is 35.5. The zero-order chi connectivity index (χ0) is 23.0. The van der Waals surface area contributed by atoms with Crippen LogP contribution in [-0.2, 0) is 16.0 Å². The van der Waals surface area contributed by atoms with Crippen molar-refractivity contribution in [2.75, 3.05) is 6.61 Å². The van der Waals surface area contributed by atoms with E-state index in [4.69, 9.17) is 16.3 Å². The second-order valence-electron chi connectivity index (χ2n) is 7.44. The summed E-state index contributed by atoms with van der Waals surface area (Å²) in [5.41, 5.74) is 8.57. The van der Waals surface area contributed by atoms with Crippen molar-refractivity contribution < 1.29 is 14.3 Å². The van der Waals surface area contributed by atoms with E-state index in [1.807, 2.05) is 54.6 Å². The van der Waals surface area contributed by atoms with Gasteiger partial charge in [0.05, 0.1) is 11.4 Å². The molecular weight excluding hydrogens is 440 g/mol. The first-order chi connectivity index (χ1) is 16.1. The Kier molecular flexibility index (Phi) is 7.22. The Hall–Kier alpha value is -3.84. The number of hydrogen-bond acceptors (Lipinski definition) is 4. The molecule has 0 aliphatic carbocycles. The summed E-state index contributed by atoms with van der Waals surface area (Å²) in [5.74, 6) is -0.127. The number of H-pyrrole nitrogens is 1. The molecule has 0 atom stereocenters. The Labute approximate surface area is 196 Å². The number of ether oxygens (including phenoxy) is 1. The van der Waals surface area contributed by atoms with Crippen LogP contribution in [0.4, 0.5) is 0 Å². The van der Waals surface area contributed by atoms with E-state index in [1.165, 1.54) is 0 Å². The van der Waals surface area contributed by atoms with E-state index in [-0.39, 0.29) is 18.9 Å². The fourth-order valence-corrected chi connectivity index (χ4v) is 3.71. The van der Waals surface area contributed by atoms with Crippen LogP contribution < -0.4 is 15.6 Å². The van der Waals surface area contributed by atoms with Gasteiger partial charge in [-0.05, 0) is 60.9 Å². The first-order valence-corrected chi connectivity index (χ1v) is 10.9. The third-order valence-corrected chi connectivity index (χ3v) is 5.31. The number of nitrogens with one attached hydrogen (secondary N) is 3. The molecule has 2 heterocycles. The van der Waals surface area contributed by atoms with Gasteiger partial charge in [-0.3, -0.25) is 25.4 Å². The highest BCUT2D eigenvalue weighted by Crippen LogP contribution is 2.32. The standard InChI is InChI=1S/C25H23ClN4O3/c26-17-12-13-21-20(15-17)19(25(28-21)22-10-4-5-14-27-22)9-6-11-23(31)29-30-24(32)16-33-18-7-2-1-3-8-18/h1-5,7-8,10,12-15,28H,6,9,11,16H2,(H,29,31)(H,30,32). The molecule has 3 N–H and O–H groups in total. The Morgan fingerprint density at radius 3 is 2.55 bits per heavy atom. The SMILES string of the molecule is O=C(CCCc1c(-c2ccccn2)[nH]c2ccc(Cl)cc12)NNC(=O)COc1ccccc1. The predicted octanol–water partition coefficient (Wildman–Crippen LogP) is 4.43. The van der Waals surface area contributed by atoms with Gasteiger partial charge < -0.3 is 9.72 Å². The molecule has 0 spiro atoms. The molecule has 2 amide bonds. The van der Waals surface area contributed by atoms with E-state index in [1.54, 1.807) is 18.3 Å². The lowest BCUT2D eigenvalue weighted by Gasteiger charge is -2.09. The fourth-order valence-electron chi connectivity index (χ4n) is 3.54. The number of amides is 2. The molecule has 168 valence electrons. The second kappa shape index (κ2) is 10.7. The zero-order valence-electron chi connectivity index (χ0n) is 17.8. The molecule has 0 aliphatic heterocycles. The largest absolute Gasteiger partial charge is 0.484 e. The molecule has 0 bridgehead atoms. The van der Waals surface area contributed by atoms with Crippen molar-refractivity contribution in [2.24, 2.45) is 0 Å². The molecule has 33 heavy (non-hydrogen) atoms. The lowest BCUT2D eigenvalue weighted by Crippen LogP contribution is -2.43. The van der Waals surface area contributed by atoms with Crippen molar-refractivity contribution in [3.63, 3.8) is 0 Å². The third kappa shape index (κ3) is 5.90. The van der Waals surface area contributed by atoms with Gasteiger partial charge in [-0.25, -0.2) is 0 Å². The third-order valence-electron chi connectivity index (χ3n) is 5.07. The minimum Gasteiger partial charge on any atom is -0.484 e. The molecular formula is C25H23ClN4O3. The van der Waals surface area contributed by atoms with Crippen molar-refractivity contribution >= 4 is 34.3 Å². The number of benzene rings is 2. The van der Waals surface area contributed by atoms with Gasteiger partial charge in [-0.2, -0.15) is 0 Å². The smallest absolute Gasteiger partial charge is 0.276 e. The maximum Gasteiger partial charge on any atom is 0.276 e. The van der Waals surface area contributed by atoms with E-state index < -0.39 is 5.91 Å². The van der Waals surface area contributed by atoms with Gasteiger partial charge in [0.25, 0.3) is 5.91 Å². The van der Waals surface area contributed by atoms with Crippen LogP contribution >= 0.6 is 11.6 Å². The zero-order valence-corrected chi connectivity index (χ0v) is 18.6. The first-order valence-electron chi connectivity index (χ1n) is 10.6. The van der Waals surface area contributed by atoms with Gasteiger partial charge in [0.1, 0.15) is 5.75 Å². The molecule has 4 aromatic rings. The monoisotopic (exact) mass is 462 g/mol. The van der Waals surface area contributed by atoms with Crippen LogP contribution in [0.5, 0.6) is 5.75 Å². The quantitative estimate of drug-likeness (QED) is 0.337. The average Bonchev–Trinajstić information content (AvgIpc) is 3.20. The number of aryl methyl sites for hydroxylation is 1. The van der Waals surface area contributed by atoms with E-state index in [2.05, 4.69) is 20.8 Å². The number of halogens is 1. The Bertz CT molecular complexity index is 1240. The number of hydrogen-bond donors (Lipinski definition) is 3. The molecule has 2 aromatic heterocycles. The van der Waals surface area contributed by atoms with Crippen molar-refractivity contribution in [2.45, 2.75) is 19.3 Å². The summed E-state index contributed by atoms with van der Waals surface area (Å²) in [6.45, 7) is -0.187. The van der Waals surface area contributed by atoms with Gasteiger partial charge in [0.15, 0.2) is 6.61 Å². The number of hydrazine groups is 1. The minimum absolute atomic E-state index is 0.187. The van der Waals surface area contributed by atoms with Crippen molar-refractivity contribution in [1.29, 1.82) is 0 Å². The van der Waals surface area contributed by atoms with Crippen LogP contribution in [0, 0.1) is 0 Å². The fraction of sp³-hybridized carbons (Fsp3) is 0.160. The van der Waals surface area contributed by atoms with Gasteiger partial charge in [-0.15, -0.1) is 0 Å². The summed E-state index contributed by atoms with van der Waals surface area (Å²) in [7, 11) is 0. The van der Waals surface area contributed by atoms with Crippen LogP contribution in [0.3, 0.4) is 0 Å². The van der Waals surface area contributed by atoms with Gasteiger partial charge in [-0.1, -0.05) is 35.9 Å². The average molecular weight is 463 g/mol. The maximum atomic E-state index is 12.2. The van der Waals surface area contributed by atoms with Crippen molar-refractivity contribution in [3.8, 4) is 17.1 Å². The van der Waals surface area contributed by atoms with Crippen LogP contribution in [0.25, 0.3) is 22.3 Å². The highest BCUT2D eigenvalue weighted by molar-refractivity contribution is 6.31. The molecule has 0 saturated heterocycles. The summed E-state index contributed by atoms with van der Waals surface area (Å²) >= 11 is 6.22. The number of pyridine rings is 1. The number of aromatic nitrogens is 2. The first kappa shape index (κ1) is 22.4. The Morgan fingerprint density at radius 2 is 1.76 bits per heavy atom.